The van der Waals surface area contributed by atoms with Crippen LogP contribution < -0.4 is 16.4 Å². The lowest BCUT2D eigenvalue weighted by molar-refractivity contribution is 0.0915. The zero-order valence-corrected chi connectivity index (χ0v) is 18.7. The lowest BCUT2D eigenvalue weighted by Gasteiger charge is -2.36. The Labute approximate surface area is 184 Å². The number of rotatable bonds is 6. The van der Waals surface area contributed by atoms with Crippen LogP contribution in [0, 0.1) is 5.92 Å². The molecular formula is C23H28N4O3S. The van der Waals surface area contributed by atoms with E-state index in [-0.39, 0.29) is 11.9 Å². The smallest absolute Gasteiger partial charge is 0.316 e. The van der Waals surface area contributed by atoms with Crippen LogP contribution in [-0.4, -0.2) is 40.0 Å². The molecule has 2 N–H and O–H groups in total. The van der Waals surface area contributed by atoms with Crippen molar-refractivity contribution in [3.8, 4) is 0 Å². The first-order valence-electron chi connectivity index (χ1n) is 10.8. The summed E-state index contributed by atoms with van der Waals surface area (Å²) < 4.78 is 1.42. The number of hydrogen-bond acceptors (Lipinski definition) is 5. The zero-order chi connectivity index (χ0) is 22.0. The number of nitrogens with one attached hydrogen (secondary N) is 2. The Morgan fingerprint density at radius 3 is 2.71 bits per heavy atom. The summed E-state index contributed by atoms with van der Waals surface area (Å²) in [5.74, 6) is 0.555. The van der Waals surface area contributed by atoms with Crippen molar-refractivity contribution in [2.24, 2.45) is 5.92 Å². The molecule has 2 aromatic heterocycles. The fourth-order valence-electron chi connectivity index (χ4n) is 4.26. The standard InChI is InChI=1S/C23H28N4O3S/c1-3-27-18-7-6-16(13-17(18)25-22(29)23(27)30)21(28)24-14-19(20-5-4-12-31-20)26-10-8-15(2)9-11-26/h4-7,12-13,15,19H,3,8-11,14H2,1-2H3,(H,24,28)(H,25,29)/t19-/m0/s1. The van der Waals surface area contributed by atoms with Gasteiger partial charge in [-0.25, -0.2) is 0 Å². The number of carbonyl (C=O) groups excluding carboxylic acids is 1. The third-order valence-corrected chi connectivity index (χ3v) is 7.11. The average Bonchev–Trinajstić information content (AvgIpc) is 3.30. The van der Waals surface area contributed by atoms with E-state index in [1.807, 2.05) is 13.0 Å². The number of piperidine rings is 1. The number of benzene rings is 1. The molecule has 0 aliphatic carbocycles. The molecule has 1 aromatic carbocycles. The molecule has 3 heterocycles. The molecule has 0 saturated carbocycles. The highest BCUT2D eigenvalue weighted by Gasteiger charge is 2.26. The fourth-order valence-corrected chi connectivity index (χ4v) is 5.12. The first kappa shape index (κ1) is 21.5. The summed E-state index contributed by atoms with van der Waals surface area (Å²) in [5.41, 5.74) is 0.300. The molecule has 0 spiro atoms. The van der Waals surface area contributed by atoms with E-state index in [1.54, 1.807) is 29.5 Å². The highest BCUT2D eigenvalue weighted by atomic mass is 32.1. The lowest BCUT2D eigenvalue weighted by atomic mass is 9.97. The van der Waals surface area contributed by atoms with E-state index in [0.717, 1.165) is 19.0 Å². The number of aromatic nitrogens is 2. The van der Waals surface area contributed by atoms with Gasteiger partial charge in [-0.3, -0.25) is 19.3 Å². The van der Waals surface area contributed by atoms with E-state index >= 15 is 0 Å². The van der Waals surface area contributed by atoms with Crippen molar-refractivity contribution in [2.75, 3.05) is 19.6 Å². The summed E-state index contributed by atoms with van der Waals surface area (Å²) in [6.45, 7) is 7.09. The molecule has 3 aromatic rings. The van der Waals surface area contributed by atoms with Gasteiger partial charge < -0.3 is 14.9 Å². The van der Waals surface area contributed by atoms with Crippen molar-refractivity contribution in [1.82, 2.24) is 19.8 Å². The SMILES string of the molecule is CCn1c(=O)c(=O)[nH]c2cc(C(=O)NC[C@@H](c3cccs3)N3CCC(C)CC3)ccc21. The van der Waals surface area contributed by atoms with Gasteiger partial charge >= 0.3 is 11.1 Å². The van der Waals surface area contributed by atoms with E-state index in [4.69, 9.17) is 0 Å². The first-order valence-corrected chi connectivity index (χ1v) is 11.7. The molecule has 1 amide bonds. The maximum Gasteiger partial charge on any atom is 0.316 e. The summed E-state index contributed by atoms with van der Waals surface area (Å²) in [6.07, 6.45) is 2.35. The maximum atomic E-state index is 12.9. The van der Waals surface area contributed by atoms with E-state index in [1.165, 1.54) is 22.3 Å². The van der Waals surface area contributed by atoms with E-state index in [9.17, 15) is 14.4 Å². The van der Waals surface area contributed by atoms with E-state index < -0.39 is 11.1 Å². The number of carbonyl (C=O) groups is 1. The molecule has 1 aliphatic rings. The number of fused-ring (bicyclic) bond motifs is 1. The van der Waals surface area contributed by atoms with Gasteiger partial charge in [0.25, 0.3) is 5.91 Å². The van der Waals surface area contributed by atoms with Crippen molar-refractivity contribution in [3.05, 3.63) is 66.9 Å². The molecule has 31 heavy (non-hydrogen) atoms. The van der Waals surface area contributed by atoms with E-state index in [0.29, 0.717) is 29.7 Å². The number of aryl methyl sites for hydroxylation is 1. The van der Waals surface area contributed by atoms with Crippen LogP contribution in [-0.2, 0) is 6.54 Å². The third-order valence-electron chi connectivity index (χ3n) is 6.14. The molecule has 1 saturated heterocycles. The summed E-state index contributed by atoms with van der Waals surface area (Å²) >= 11 is 1.72. The van der Waals surface area contributed by atoms with Crippen LogP contribution in [0.3, 0.4) is 0 Å². The Morgan fingerprint density at radius 1 is 1.26 bits per heavy atom. The van der Waals surface area contributed by atoms with Crippen molar-refractivity contribution in [3.63, 3.8) is 0 Å². The van der Waals surface area contributed by atoms with Gasteiger partial charge in [0.15, 0.2) is 0 Å². The molecule has 0 unspecified atom stereocenters. The van der Waals surface area contributed by atoms with Crippen molar-refractivity contribution >= 4 is 28.3 Å². The van der Waals surface area contributed by atoms with Crippen LogP contribution in [0.5, 0.6) is 0 Å². The molecule has 0 bridgehead atoms. The zero-order valence-electron chi connectivity index (χ0n) is 17.9. The quantitative estimate of drug-likeness (QED) is 0.577. The third kappa shape index (κ3) is 4.50. The molecule has 1 aliphatic heterocycles. The minimum atomic E-state index is -0.677. The Kier molecular flexibility index (Phi) is 6.38. The minimum absolute atomic E-state index is 0.155. The van der Waals surface area contributed by atoms with Gasteiger partial charge in [0.05, 0.1) is 17.1 Å². The summed E-state index contributed by atoms with van der Waals surface area (Å²) in [4.78, 5) is 43.2. The molecule has 0 radical (unpaired) electrons. The fraction of sp³-hybridized carbons (Fsp3) is 0.435. The number of amides is 1. The molecule has 164 valence electrons. The molecular weight excluding hydrogens is 412 g/mol. The Hall–Kier alpha value is -2.71. The van der Waals surface area contributed by atoms with Crippen molar-refractivity contribution in [2.45, 2.75) is 39.3 Å². The number of likely N-dealkylation sites (tertiary alicyclic amines) is 1. The van der Waals surface area contributed by atoms with Crippen LogP contribution in [0.25, 0.3) is 11.0 Å². The molecule has 4 rings (SSSR count). The summed E-state index contributed by atoms with van der Waals surface area (Å²) in [6, 6.07) is 9.39. The van der Waals surface area contributed by atoms with Crippen LogP contribution in [0.2, 0.25) is 0 Å². The molecule has 1 fully saturated rings. The normalized spacial score (nSPS) is 16.5. The molecule has 7 nitrogen and oxygen atoms in total. The average molecular weight is 441 g/mol. The number of hydrogen-bond donors (Lipinski definition) is 2. The minimum Gasteiger partial charge on any atom is -0.350 e. The number of aromatic amines is 1. The van der Waals surface area contributed by atoms with Gasteiger partial charge in [-0.05, 0) is 68.4 Å². The van der Waals surface area contributed by atoms with Crippen LogP contribution in [0.4, 0.5) is 0 Å². The Bertz CT molecular complexity index is 1170. The van der Waals surface area contributed by atoms with Crippen molar-refractivity contribution in [1.29, 1.82) is 0 Å². The second kappa shape index (κ2) is 9.20. The monoisotopic (exact) mass is 440 g/mol. The second-order valence-corrected chi connectivity index (χ2v) is 9.17. The predicted octanol–water partition coefficient (Wildman–Crippen LogP) is 2.97. The topological polar surface area (TPSA) is 87.2 Å². The van der Waals surface area contributed by atoms with E-state index in [2.05, 4.69) is 33.6 Å². The summed E-state index contributed by atoms with van der Waals surface area (Å²) in [5, 5.41) is 5.15. The Morgan fingerprint density at radius 2 is 2.03 bits per heavy atom. The van der Waals surface area contributed by atoms with Gasteiger partial charge in [0.2, 0.25) is 0 Å². The summed E-state index contributed by atoms with van der Waals surface area (Å²) in [7, 11) is 0. The highest BCUT2D eigenvalue weighted by Crippen LogP contribution is 2.29. The van der Waals surface area contributed by atoms with Crippen LogP contribution >= 0.6 is 11.3 Å². The first-order chi connectivity index (χ1) is 15.0. The van der Waals surface area contributed by atoms with Gasteiger partial charge in [-0.1, -0.05) is 13.0 Å². The highest BCUT2D eigenvalue weighted by molar-refractivity contribution is 7.10. The Balaban J connectivity index is 1.54. The van der Waals surface area contributed by atoms with Crippen LogP contribution in [0.1, 0.15) is 48.0 Å². The maximum absolute atomic E-state index is 12.9. The van der Waals surface area contributed by atoms with Crippen molar-refractivity contribution < 1.29 is 4.79 Å². The molecule has 1 atom stereocenters. The number of thiophene rings is 1. The van der Waals surface area contributed by atoms with Gasteiger partial charge in [-0.2, -0.15) is 0 Å². The molecule has 8 heteroatoms. The van der Waals surface area contributed by atoms with Gasteiger partial charge in [-0.15, -0.1) is 11.3 Å². The second-order valence-electron chi connectivity index (χ2n) is 8.20. The number of H-pyrrole nitrogens is 1. The number of nitrogens with zero attached hydrogens (tertiary/aromatic N) is 2. The largest absolute Gasteiger partial charge is 0.350 e. The van der Waals surface area contributed by atoms with Crippen LogP contribution in [0.15, 0.2) is 45.3 Å². The van der Waals surface area contributed by atoms with Gasteiger partial charge in [0, 0.05) is 23.5 Å². The van der Waals surface area contributed by atoms with Gasteiger partial charge in [0.1, 0.15) is 0 Å². The lowest BCUT2D eigenvalue weighted by Crippen LogP contribution is -2.41. The predicted molar refractivity (Wildman–Crippen MR) is 124 cm³/mol.